The van der Waals surface area contributed by atoms with E-state index in [-0.39, 0.29) is 22.9 Å². The van der Waals surface area contributed by atoms with E-state index in [1.165, 1.54) is 27.4 Å². The van der Waals surface area contributed by atoms with Gasteiger partial charge in [-0.2, -0.15) is 0 Å². The third-order valence-corrected chi connectivity index (χ3v) is 8.57. The van der Waals surface area contributed by atoms with Crippen LogP contribution in [0.2, 0.25) is 0 Å². The predicted molar refractivity (Wildman–Crippen MR) is 97.0 cm³/mol. The largest absolute Gasteiger partial charge is 0.495 e. The van der Waals surface area contributed by atoms with Crippen LogP contribution >= 0.6 is 0 Å². The van der Waals surface area contributed by atoms with E-state index >= 15 is 0 Å². The van der Waals surface area contributed by atoms with Crippen molar-refractivity contribution >= 4 is 19.7 Å². The summed E-state index contributed by atoms with van der Waals surface area (Å²) in [5, 5.41) is 1.85. The maximum atomic E-state index is 13.2. The van der Waals surface area contributed by atoms with E-state index in [1.807, 2.05) is 0 Å². The van der Waals surface area contributed by atoms with Gasteiger partial charge >= 0.3 is 0 Å². The van der Waals surface area contributed by atoms with Gasteiger partial charge in [-0.3, -0.25) is 0 Å². The smallest absolute Gasteiger partial charge is 0.187 e. The molecule has 1 aromatic carbocycles. The van der Waals surface area contributed by atoms with Crippen LogP contribution in [0.15, 0.2) is 23.1 Å². The van der Waals surface area contributed by atoms with Crippen molar-refractivity contribution in [3.63, 3.8) is 0 Å². The summed E-state index contributed by atoms with van der Waals surface area (Å²) in [4.78, 5) is 0.00364. The zero-order valence-electron chi connectivity index (χ0n) is 15.3. The first-order valence-corrected chi connectivity index (χ1v) is 11.4. The lowest BCUT2D eigenvalue weighted by molar-refractivity contribution is -0.0995. The van der Waals surface area contributed by atoms with Crippen LogP contribution in [0.5, 0.6) is 5.75 Å². The van der Waals surface area contributed by atoms with E-state index in [9.17, 15) is 16.8 Å². The minimum atomic E-state index is -3.93. The van der Waals surface area contributed by atoms with Crippen LogP contribution in [-0.2, 0) is 29.1 Å². The molecule has 1 fully saturated rings. The third kappa shape index (κ3) is 4.55. The number of benzene rings is 1. The molecule has 0 spiro atoms. The molecule has 0 aromatic heterocycles. The van der Waals surface area contributed by atoms with Crippen molar-refractivity contribution in [2.24, 2.45) is 0 Å². The van der Waals surface area contributed by atoms with Crippen LogP contribution in [-0.4, -0.2) is 73.8 Å². The Hall–Kier alpha value is -1.20. The summed E-state index contributed by atoms with van der Waals surface area (Å²) in [6, 6.07) is 4.05. The molecule has 1 aliphatic heterocycles. The molecule has 1 heterocycles. The highest BCUT2D eigenvalue weighted by atomic mass is 32.2. The van der Waals surface area contributed by atoms with E-state index in [0.29, 0.717) is 0 Å². The fourth-order valence-electron chi connectivity index (χ4n) is 2.99. The Labute approximate surface area is 154 Å². The Morgan fingerprint density at radius 3 is 2.42 bits per heavy atom. The number of rotatable bonds is 8. The fraction of sp³-hybridized carbons (Fsp3) is 0.625. The molecule has 1 saturated heterocycles. The first-order valence-electron chi connectivity index (χ1n) is 8.02. The highest BCUT2D eigenvalue weighted by Gasteiger charge is 2.46. The molecule has 1 N–H and O–H groups in total. The van der Waals surface area contributed by atoms with Gasteiger partial charge in [0.1, 0.15) is 10.6 Å². The predicted octanol–water partition coefficient (Wildman–Crippen LogP) is 0.151. The van der Waals surface area contributed by atoms with Gasteiger partial charge in [-0.25, -0.2) is 16.8 Å². The Morgan fingerprint density at radius 2 is 1.85 bits per heavy atom. The molecule has 0 radical (unpaired) electrons. The van der Waals surface area contributed by atoms with Crippen LogP contribution in [0.3, 0.4) is 0 Å². The van der Waals surface area contributed by atoms with Gasteiger partial charge < -0.3 is 19.5 Å². The molecule has 148 valence electrons. The van der Waals surface area contributed by atoms with Crippen molar-refractivity contribution in [3.8, 4) is 5.75 Å². The van der Waals surface area contributed by atoms with Gasteiger partial charge in [0.15, 0.2) is 26.0 Å². The summed E-state index contributed by atoms with van der Waals surface area (Å²) in [7, 11) is -3.14. The molecule has 0 bridgehead atoms. The standard InChI is InChI=1S/C16H25NO7S2/c1-11-5-6-13(22-2)14(7-11)26(20,21)15-10-25(18,19)9-12(15)17-8-16(23-3)24-4/h5-7,12,15-17H,8-10H2,1-4H3. The Morgan fingerprint density at radius 1 is 1.19 bits per heavy atom. The summed E-state index contributed by atoms with van der Waals surface area (Å²) < 4.78 is 66.0. The average molecular weight is 408 g/mol. The quantitative estimate of drug-likeness (QED) is 0.607. The second kappa shape index (κ2) is 8.22. The lowest BCUT2D eigenvalue weighted by atomic mass is 10.2. The highest BCUT2D eigenvalue weighted by Crippen LogP contribution is 2.32. The summed E-state index contributed by atoms with van der Waals surface area (Å²) in [5.74, 6) is -0.495. The van der Waals surface area contributed by atoms with Crippen molar-refractivity contribution in [2.45, 2.75) is 29.4 Å². The van der Waals surface area contributed by atoms with Gasteiger partial charge in [0.2, 0.25) is 0 Å². The molecule has 2 unspecified atom stereocenters. The monoisotopic (exact) mass is 407 g/mol. The third-order valence-electron chi connectivity index (χ3n) is 4.40. The van der Waals surface area contributed by atoms with Crippen LogP contribution in [0.25, 0.3) is 0 Å². The summed E-state index contributed by atoms with van der Waals surface area (Å²) >= 11 is 0. The molecule has 2 rings (SSSR count). The molecule has 2 atom stereocenters. The zero-order chi connectivity index (χ0) is 19.5. The second-order valence-corrected chi connectivity index (χ2v) is 10.5. The number of aryl methyl sites for hydroxylation is 1. The van der Waals surface area contributed by atoms with Crippen LogP contribution in [0.4, 0.5) is 0 Å². The van der Waals surface area contributed by atoms with Gasteiger partial charge in [0.25, 0.3) is 0 Å². The van der Waals surface area contributed by atoms with Crippen molar-refractivity contribution in [2.75, 3.05) is 39.4 Å². The number of ether oxygens (including phenoxy) is 3. The SMILES string of the molecule is COc1ccc(C)cc1S(=O)(=O)C1CS(=O)(=O)CC1NCC(OC)OC. The van der Waals surface area contributed by atoms with Crippen LogP contribution in [0.1, 0.15) is 5.56 Å². The Balaban J connectivity index is 2.37. The molecule has 26 heavy (non-hydrogen) atoms. The number of sulfone groups is 2. The minimum Gasteiger partial charge on any atom is -0.495 e. The molecule has 10 heteroatoms. The van der Waals surface area contributed by atoms with Crippen molar-refractivity contribution in [1.29, 1.82) is 0 Å². The molecular weight excluding hydrogens is 382 g/mol. The number of hydrogen-bond donors (Lipinski definition) is 1. The molecule has 1 aliphatic rings. The van der Waals surface area contributed by atoms with E-state index in [2.05, 4.69) is 5.32 Å². The normalized spacial score (nSPS) is 22.7. The molecule has 0 aliphatic carbocycles. The van der Waals surface area contributed by atoms with Crippen molar-refractivity contribution < 1.29 is 31.0 Å². The first-order chi connectivity index (χ1) is 12.1. The van der Waals surface area contributed by atoms with Crippen LogP contribution < -0.4 is 10.1 Å². The number of nitrogens with one attached hydrogen (secondary N) is 1. The highest BCUT2D eigenvalue weighted by molar-refractivity contribution is 7.96. The second-order valence-electron chi connectivity index (χ2n) is 6.23. The van der Waals surface area contributed by atoms with E-state index < -0.39 is 43.0 Å². The van der Waals surface area contributed by atoms with Crippen molar-refractivity contribution in [1.82, 2.24) is 5.32 Å². The molecule has 0 amide bonds. The molecule has 1 aromatic rings. The molecule has 8 nitrogen and oxygen atoms in total. The lowest BCUT2D eigenvalue weighted by Gasteiger charge is -2.23. The minimum absolute atomic E-state index is 0.00364. The number of methoxy groups -OCH3 is 3. The van der Waals surface area contributed by atoms with E-state index in [1.54, 1.807) is 19.1 Å². The average Bonchev–Trinajstić information content (AvgIpc) is 2.91. The van der Waals surface area contributed by atoms with Gasteiger partial charge in [0, 0.05) is 26.8 Å². The van der Waals surface area contributed by atoms with Crippen LogP contribution in [0, 0.1) is 6.92 Å². The Bertz CT molecular complexity index is 832. The Kier molecular flexibility index (Phi) is 6.67. The fourth-order valence-corrected chi connectivity index (χ4v) is 7.95. The zero-order valence-corrected chi connectivity index (χ0v) is 16.9. The summed E-state index contributed by atoms with van der Waals surface area (Å²) in [6.07, 6.45) is -0.602. The molecule has 0 saturated carbocycles. The van der Waals surface area contributed by atoms with Gasteiger partial charge in [-0.05, 0) is 24.6 Å². The summed E-state index contributed by atoms with van der Waals surface area (Å²) in [6.45, 7) is 1.94. The van der Waals surface area contributed by atoms with E-state index in [4.69, 9.17) is 14.2 Å². The first kappa shape index (κ1) is 21.1. The summed E-state index contributed by atoms with van der Waals surface area (Å²) in [5.41, 5.74) is 0.744. The maximum absolute atomic E-state index is 13.2. The lowest BCUT2D eigenvalue weighted by Crippen LogP contribution is -2.46. The van der Waals surface area contributed by atoms with Gasteiger partial charge in [-0.15, -0.1) is 0 Å². The number of hydrogen-bond acceptors (Lipinski definition) is 8. The van der Waals surface area contributed by atoms with Crippen molar-refractivity contribution in [3.05, 3.63) is 23.8 Å². The maximum Gasteiger partial charge on any atom is 0.187 e. The van der Waals surface area contributed by atoms with Gasteiger partial charge in [0.05, 0.1) is 23.9 Å². The topological polar surface area (TPSA) is 108 Å². The molecular formula is C16H25NO7S2. The van der Waals surface area contributed by atoms with E-state index in [0.717, 1.165) is 5.56 Å². The van der Waals surface area contributed by atoms with Gasteiger partial charge in [-0.1, -0.05) is 6.07 Å².